The largest absolute Gasteiger partial charge is 0.377 e. The SMILES string of the molecule is CC(Nc1ccc(Br)cc1[N+](=O)[O-])C1CCC1. The van der Waals surface area contributed by atoms with Gasteiger partial charge >= 0.3 is 0 Å². The molecule has 92 valence electrons. The quantitative estimate of drug-likeness (QED) is 0.676. The van der Waals surface area contributed by atoms with E-state index >= 15 is 0 Å². The summed E-state index contributed by atoms with van der Waals surface area (Å²) in [7, 11) is 0. The number of nitro groups is 1. The predicted octanol–water partition coefficient (Wildman–Crippen LogP) is 3.96. The van der Waals surface area contributed by atoms with Crippen molar-refractivity contribution in [2.75, 3.05) is 5.32 Å². The second-order valence-corrected chi connectivity index (χ2v) is 5.46. The molecule has 1 aromatic rings. The summed E-state index contributed by atoms with van der Waals surface area (Å²) in [6, 6.07) is 5.42. The lowest BCUT2D eigenvalue weighted by Gasteiger charge is -2.32. The number of halogens is 1. The summed E-state index contributed by atoms with van der Waals surface area (Å²) in [6.45, 7) is 2.09. The van der Waals surface area contributed by atoms with E-state index in [1.165, 1.54) is 25.3 Å². The Morgan fingerprint density at radius 3 is 2.76 bits per heavy atom. The second-order valence-electron chi connectivity index (χ2n) is 4.54. The molecule has 1 aromatic carbocycles. The molecule has 0 heterocycles. The lowest BCUT2D eigenvalue weighted by atomic mass is 9.80. The highest BCUT2D eigenvalue weighted by atomic mass is 79.9. The third-order valence-electron chi connectivity index (χ3n) is 3.40. The lowest BCUT2D eigenvalue weighted by Crippen LogP contribution is -2.31. The smallest absolute Gasteiger partial charge is 0.293 e. The van der Waals surface area contributed by atoms with Crippen LogP contribution in [0.3, 0.4) is 0 Å². The van der Waals surface area contributed by atoms with E-state index in [2.05, 4.69) is 28.2 Å². The molecule has 1 N–H and O–H groups in total. The molecule has 1 aliphatic rings. The van der Waals surface area contributed by atoms with Gasteiger partial charge in [0.05, 0.1) is 4.92 Å². The van der Waals surface area contributed by atoms with Crippen LogP contribution in [-0.4, -0.2) is 11.0 Å². The topological polar surface area (TPSA) is 55.2 Å². The molecule has 0 aromatic heterocycles. The fourth-order valence-electron chi connectivity index (χ4n) is 2.08. The van der Waals surface area contributed by atoms with E-state index in [0.29, 0.717) is 17.6 Å². The minimum Gasteiger partial charge on any atom is -0.377 e. The van der Waals surface area contributed by atoms with Crippen LogP contribution in [0.2, 0.25) is 0 Å². The first-order chi connectivity index (χ1) is 8.08. The Balaban J connectivity index is 2.16. The van der Waals surface area contributed by atoms with Crippen molar-refractivity contribution in [1.82, 2.24) is 0 Å². The molecule has 1 saturated carbocycles. The van der Waals surface area contributed by atoms with E-state index in [1.54, 1.807) is 6.07 Å². The molecule has 1 atom stereocenters. The van der Waals surface area contributed by atoms with Gasteiger partial charge in [-0.25, -0.2) is 0 Å². The van der Waals surface area contributed by atoms with Crippen molar-refractivity contribution in [3.8, 4) is 0 Å². The van der Waals surface area contributed by atoms with Crippen molar-refractivity contribution < 1.29 is 4.92 Å². The highest BCUT2D eigenvalue weighted by Crippen LogP contribution is 2.34. The van der Waals surface area contributed by atoms with Crippen LogP contribution in [0, 0.1) is 16.0 Å². The summed E-state index contributed by atoms with van der Waals surface area (Å²) in [5.41, 5.74) is 0.739. The molecule has 0 bridgehead atoms. The molecule has 0 saturated heterocycles. The summed E-state index contributed by atoms with van der Waals surface area (Å²) in [6.07, 6.45) is 3.72. The van der Waals surface area contributed by atoms with Crippen LogP contribution in [0.1, 0.15) is 26.2 Å². The van der Waals surface area contributed by atoms with Crippen LogP contribution in [0.25, 0.3) is 0 Å². The lowest BCUT2D eigenvalue weighted by molar-refractivity contribution is -0.384. The zero-order valence-corrected chi connectivity index (χ0v) is 11.2. The van der Waals surface area contributed by atoms with Crippen molar-refractivity contribution in [3.63, 3.8) is 0 Å². The van der Waals surface area contributed by atoms with Gasteiger partial charge in [0.15, 0.2) is 0 Å². The van der Waals surface area contributed by atoms with E-state index in [-0.39, 0.29) is 10.6 Å². The molecule has 5 heteroatoms. The number of rotatable bonds is 4. The molecule has 1 fully saturated rings. The first kappa shape index (κ1) is 12.4. The second kappa shape index (κ2) is 5.04. The average molecular weight is 299 g/mol. The van der Waals surface area contributed by atoms with Gasteiger partial charge in [-0.3, -0.25) is 10.1 Å². The van der Waals surface area contributed by atoms with Crippen LogP contribution in [-0.2, 0) is 0 Å². The third kappa shape index (κ3) is 2.77. The number of nitrogens with zero attached hydrogens (tertiary/aromatic N) is 1. The zero-order valence-electron chi connectivity index (χ0n) is 9.65. The van der Waals surface area contributed by atoms with Crippen LogP contribution >= 0.6 is 15.9 Å². The number of hydrogen-bond acceptors (Lipinski definition) is 3. The number of benzene rings is 1. The van der Waals surface area contributed by atoms with Crippen molar-refractivity contribution in [2.45, 2.75) is 32.2 Å². The fraction of sp³-hybridized carbons (Fsp3) is 0.500. The van der Waals surface area contributed by atoms with Gasteiger partial charge in [0, 0.05) is 16.6 Å². The standard InChI is InChI=1S/C12H15BrN2O2/c1-8(9-3-2-4-9)14-11-6-5-10(13)7-12(11)15(16)17/h5-9,14H,2-4H2,1H3. The highest BCUT2D eigenvalue weighted by molar-refractivity contribution is 9.10. The third-order valence-corrected chi connectivity index (χ3v) is 3.89. The van der Waals surface area contributed by atoms with E-state index in [4.69, 9.17) is 0 Å². The van der Waals surface area contributed by atoms with Crippen LogP contribution in [0.15, 0.2) is 22.7 Å². The van der Waals surface area contributed by atoms with E-state index in [1.807, 2.05) is 6.07 Å². The molecule has 1 aliphatic carbocycles. The highest BCUT2D eigenvalue weighted by Gasteiger charge is 2.25. The minimum absolute atomic E-state index is 0.130. The van der Waals surface area contributed by atoms with E-state index in [0.717, 1.165) is 4.47 Å². The van der Waals surface area contributed by atoms with Gasteiger partial charge in [0.2, 0.25) is 0 Å². The molecule has 0 radical (unpaired) electrons. The Morgan fingerprint density at radius 1 is 1.53 bits per heavy atom. The molecule has 0 spiro atoms. The molecule has 0 aliphatic heterocycles. The van der Waals surface area contributed by atoms with Crippen LogP contribution in [0.4, 0.5) is 11.4 Å². The van der Waals surface area contributed by atoms with Gasteiger partial charge in [0.25, 0.3) is 5.69 Å². The van der Waals surface area contributed by atoms with Crippen molar-refractivity contribution in [3.05, 3.63) is 32.8 Å². The van der Waals surface area contributed by atoms with Gasteiger partial charge in [-0.2, -0.15) is 0 Å². The van der Waals surface area contributed by atoms with E-state index < -0.39 is 0 Å². The Hall–Kier alpha value is -1.10. The average Bonchev–Trinajstić information content (AvgIpc) is 2.17. The maximum Gasteiger partial charge on any atom is 0.293 e. The number of nitrogens with one attached hydrogen (secondary N) is 1. The van der Waals surface area contributed by atoms with E-state index in [9.17, 15) is 10.1 Å². The summed E-state index contributed by atoms with van der Waals surface area (Å²) >= 11 is 3.25. The Kier molecular flexibility index (Phi) is 3.66. The Bertz CT molecular complexity index is 433. The first-order valence-electron chi connectivity index (χ1n) is 5.78. The van der Waals surface area contributed by atoms with Crippen LogP contribution in [0.5, 0.6) is 0 Å². The molecule has 0 amide bonds. The monoisotopic (exact) mass is 298 g/mol. The number of nitro benzene ring substituents is 1. The molecular formula is C12H15BrN2O2. The Morgan fingerprint density at radius 2 is 2.24 bits per heavy atom. The van der Waals surface area contributed by atoms with Crippen molar-refractivity contribution in [2.24, 2.45) is 5.92 Å². The number of hydrogen-bond donors (Lipinski definition) is 1. The molecular weight excluding hydrogens is 284 g/mol. The zero-order chi connectivity index (χ0) is 12.4. The van der Waals surface area contributed by atoms with Gasteiger partial charge in [-0.1, -0.05) is 22.4 Å². The molecule has 17 heavy (non-hydrogen) atoms. The van der Waals surface area contributed by atoms with Gasteiger partial charge < -0.3 is 5.32 Å². The number of anilines is 1. The van der Waals surface area contributed by atoms with Crippen molar-refractivity contribution >= 4 is 27.3 Å². The summed E-state index contributed by atoms with van der Waals surface area (Å²) in [5.74, 6) is 0.651. The maximum absolute atomic E-state index is 11.0. The molecule has 4 nitrogen and oxygen atoms in total. The molecule has 2 rings (SSSR count). The predicted molar refractivity (Wildman–Crippen MR) is 71.2 cm³/mol. The van der Waals surface area contributed by atoms with Crippen LogP contribution < -0.4 is 5.32 Å². The first-order valence-corrected chi connectivity index (χ1v) is 6.57. The fourth-order valence-corrected chi connectivity index (χ4v) is 2.43. The minimum atomic E-state index is -0.347. The maximum atomic E-state index is 11.0. The summed E-state index contributed by atoms with van der Waals surface area (Å²) < 4.78 is 0.728. The van der Waals surface area contributed by atoms with Gasteiger partial charge in [-0.05, 0) is 37.8 Å². The Labute approximate surface area is 109 Å². The normalized spacial score (nSPS) is 17.3. The van der Waals surface area contributed by atoms with Gasteiger partial charge in [0.1, 0.15) is 5.69 Å². The summed E-state index contributed by atoms with van der Waals surface area (Å²) in [5, 5.41) is 14.2. The molecule has 1 unspecified atom stereocenters. The van der Waals surface area contributed by atoms with Gasteiger partial charge in [-0.15, -0.1) is 0 Å². The van der Waals surface area contributed by atoms with Crippen molar-refractivity contribution in [1.29, 1.82) is 0 Å². The summed E-state index contributed by atoms with van der Waals surface area (Å²) in [4.78, 5) is 10.6.